The summed E-state index contributed by atoms with van der Waals surface area (Å²) in [6.45, 7) is 9.38. The predicted molar refractivity (Wildman–Crippen MR) is 96.5 cm³/mol. The van der Waals surface area contributed by atoms with E-state index < -0.39 is 0 Å². The van der Waals surface area contributed by atoms with E-state index in [0.29, 0.717) is 19.5 Å². The lowest BCUT2D eigenvalue weighted by Gasteiger charge is -2.28. The van der Waals surface area contributed by atoms with E-state index in [2.05, 4.69) is 28.4 Å². The van der Waals surface area contributed by atoms with Gasteiger partial charge in [-0.1, -0.05) is 32.9 Å². The van der Waals surface area contributed by atoms with Gasteiger partial charge < -0.3 is 4.84 Å². The number of nitrogens with zero attached hydrogens (tertiary/aromatic N) is 3. The summed E-state index contributed by atoms with van der Waals surface area (Å²) in [7, 11) is 0. The predicted octanol–water partition coefficient (Wildman–Crippen LogP) is 3.70. The lowest BCUT2D eigenvalue weighted by molar-refractivity contribution is -0.197. The molecule has 0 amide bonds. The lowest BCUT2D eigenvalue weighted by Crippen LogP contribution is -2.34. The van der Waals surface area contributed by atoms with Gasteiger partial charge in [0.05, 0.1) is 24.4 Å². The van der Waals surface area contributed by atoms with Crippen molar-refractivity contribution in [3.63, 3.8) is 0 Å². The molecule has 0 aliphatic carbocycles. The Balaban J connectivity index is 1.68. The molecule has 5 nitrogen and oxygen atoms in total. The molecule has 1 aromatic carbocycles. The number of fused-ring (bicyclic) bond motifs is 1. The molecule has 0 unspecified atom stereocenters. The van der Waals surface area contributed by atoms with Crippen LogP contribution in [0.25, 0.3) is 11.3 Å². The van der Waals surface area contributed by atoms with Crippen LogP contribution in [0.15, 0.2) is 30.3 Å². The second kappa shape index (κ2) is 6.92. The summed E-state index contributed by atoms with van der Waals surface area (Å²) in [5.74, 6) is -0.164. The fraction of sp³-hybridized carbons (Fsp3) is 0.450. The van der Waals surface area contributed by atoms with Crippen LogP contribution in [-0.4, -0.2) is 27.8 Å². The van der Waals surface area contributed by atoms with Crippen molar-refractivity contribution in [2.75, 3.05) is 6.54 Å². The molecular weight excluding hydrogens is 314 g/mol. The Morgan fingerprint density at radius 2 is 1.96 bits per heavy atom. The maximum Gasteiger partial charge on any atom is 0.325 e. The zero-order valence-electron chi connectivity index (χ0n) is 15.4. The van der Waals surface area contributed by atoms with Gasteiger partial charge in [0.15, 0.2) is 0 Å². The van der Waals surface area contributed by atoms with Gasteiger partial charge in [-0.25, -0.2) is 0 Å². The van der Waals surface area contributed by atoms with Gasteiger partial charge in [0.2, 0.25) is 0 Å². The quantitative estimate of drug-likeness (QED) is 0.853. The van der Waals surface area contributed by atoms with Gasteiger partial charge in [0.1, 0.15) is 0 Å². The van der Waals surface area contributed by atoms with Crippen LogP contribution >= 0.6 is 0 Å². The van der Waals surface area contributed by atoms with Crippen LogP contribution in [-0.2, 0) is 22.6 Å². The Morgan fingerprint density at radius 1 is 1.16 bits per heavy atom. The van der Waals surface area contributed by atoms with Gasteiger partial charge >= 0.3 is 5.97 Å². The zero-order valence-corrected chi connectivity index (χ0v) is 15.4. The molecule has 0 radical (unpaired) electrons. The smallest absolute Gasteiger partial charge is 0.325 e. The summed E-state index contributed by atoms with van der Waals surface area (Å²) >= 11 is 0. The molecule has 0 saturated carbocycles. The highest BCUT2D eigenvalue weighted by Crippen LogP contribution is 2.26. The average Bonchev–Trinajstić information content (AvgIpc) is 2.53. The van der Waals surface area contributed by atoms with Crippen LogP contribution < -0.4 is 0 Å². The van der Waals surface area contributed by atoms with E-state index in [4.69, 9.17) is 4.84 Å². The number of carbonyl (C=O) groups is 1. The van der Waals surface area contributed by atoms with Gasteiger partial charge in [0.25, 0.3) is 0 Å². The Hall–Kier alpha value is -2.27. The lowest BCUT2D eigenvalue weighted by atomic mass is 9.93. The summed E-state index contributed by atoms with van der Waals surface area (Å²) in [4.78, 5) is 17.6. The molecular formula is C20H25N3O2. The standard InChI is InChI=1S/C20H25N3O2/c1-14-5-8-18(22-21-14)16-6-7-17-13-23(10-9-15(17)11-16)25-19(24)12-20(2,3)4/h5-8,11H,9-10,12-13H2,1-4H3. The molecule has 0 saturated heterocycles. The summed E-state index contributed by atoms with van der Waals surface area (Å²) in [5.41, 5.74) is 5.28. The fourth-order valence-corrected chi connectivity index (χ4v) is 2.93. The highest BCUT2D eigenvalue weighted by Gasteiger charge is 2.23. The monoisotopic (exact) mass is 339 g/mol. The number of hydrogen-bond donors (Lipinski definition) is 0. The van der Waals surface area contributed by atoms with Crippen molar-refractivity contribution >= 4 is 5.97 Å². The first kappa shape index (κ1) is 17.5. The minimum atomic E-state index is -0.164. The molecule has 0 bridgehead atoms. The van der Waals surface area contributed by atoms with E-state index in [1.54, 1.807) is 5.06 Å². The number of benzene rings is 1. The van der Waals surface area contributed by atoms with Gasteiger partial charge in [-0.05, 0) is 48.1 Å². The minimum absolute atomic E-state index is 0.0608. The van der Waals surface area contributed by atoms with Crippen molar-refractivity contribution in [1.82, 2.24) is 15.3 Å². The average molecular weight is 339 g/mol. The minimum Gasteiger partial charge on any atom is -0.368 e. The molecule has 0 fully saturated rings. The number of aromatic nitrogens is 2. The van der Waals surface area contributed by atoms with Gasteiger partial charge in [0, 0.05) is 12.1 Å². The molecule has 1 aliphatic heterocycles. The van der Waals surface area contributed by atoms with Crippen molar-refractivity contribution in [3.05, 3.63) is 47.2 Å². The Labute approximate surface area is 149 Å². The number of rotatable bonds is 3. The Kier molecular flexibility index (Phi) is 4.86. The third kappa shape index (κ3) is 4.63. The molecule has 2 aromatic rings. The normalized spacial score (nSPS) is 14.9. The maximum absolute atomic E-state index is 12.0. The third-order valence-corrected chi connectivity index (χ3v) is 4.18. The van der Waals surface area contributed by atoms with Crippen molar-refractivity contribution in [1.29, 1.82) is 0 Å². The van der Waals surface area contributed by atoms with E-state index >= 15 is 0 Å². The summed E-state index contributed by atoms with van der Waals surface area (Å²) < 4.78 is 0. The van der Waals surface area contributed by atoms with E-state index in [1.807, 2.05) is 39.8 Å². The summed E-state index contributed by atoms with van der Waals surface area (Å²) in [5, 5.41) is 10.1. The van der Waals surface area contributed by atoms with E-state index in [1.165, 1.54) is 11.1 Å². The molecule has 132 valence electrons. The van der Waals surface area contributed by atoms with Gasteiger partial charge in [-0.2, -0.15) is 10.2 Å². The highest BCUT2D eigenvalue weighted by atomic mass is 16.7. The molecule has 1 aromatic heterocycles. The largest absolute Gasteiger partial charge is 0.368 e. The van der Waals surface area contributed by atoms with E-state index in [0.717, 1.165) is 23.4 Å². The molecule has 25 heavy (non-hydrogen) atoms. The van der Waals surface area contributed by atoms with Crippen LogP contribution in [0.2, 0.25) is 0 Å². The van der Waals surface area contributed by atoms with Crippen LogP contribution in [0.3, 0.4) is 0 Å². The zero-order chi connectivity index (χ0) is 18.0. The molecule has 3 rings (SSSR count). The molecule has 1 aliphatic rings. The fourth-order valence-electron chi connectivity index (χ4n) is 2.93. The van der Waals surface area contributed by atoms with Crippen molar-refractivity contribution in [3.8, 4) is 11.3 Å². The van der Waals surface area contributed by atoms with Crippen LogP contribution in [0.1, 0.15) is 44.0 Å². The first-order valence-electron chi connectivity index (χ1n) is 8.68. The van der Waals surface area contributed by atoms with Crippen molar-refractivity contribution in [2.45, 2.75) is 47.1 Å². The SMILES string of the molecule is Cc1ccc(-c2ccc3c(c2)CCN(OC(=O)CC(C)(C)C)C3)nn1. The van der Waals surface area contributed by atoms with Crippen molar-refractivity contribution < 1.29 is 9.63 Å². The van der Waals surface area contributed by atoms with Crippen LogP contribution in [0.4, 0.5) is 0 Å². The molecule has 5 heteroatoms. The second-order valence-corrected chi connectivity index (χ2v) is 7.86. The molecule has 0 atom stereocenters. The first-order valence-corrected chi connectivity index (χ1v) is 8.68. The Bertz CT molecular complexity index is 764. The summed E-state index contributed by atoms with van der Waals surface area (Å²) in [6, 6.07) is 10.3. The van der Waals surface area contributed by atoms with E-state index in [9.17, 15) is 4.79 Å². The molecule has 0 N–H and O–H groups in total. The van der Waals surface area contributed by atoms with Crippen LogP contribution in [0, 0.1) is 12.3 Å². The second-order valence-electron chi connectivity index (χ2n) is 7.86. The van der Waals surface area contributed by atoms with Gasteiger partial charge in [-0.15, -0.1) is 5.06 Å². The first-order chi connectivity index (χ1) is 11.8. The Morgan fingerprint density at radius 3 is 2.64 bits per heavy atom. The van der Waals surface area contributed by atoms with E-state index in [-0.39, 0.29) is 11.4 Å². The maximum atomic E-state index is 12.0. The van der Waals surface area contributed by atoms with Crippen molar-refractivity contribution in [2.24, 2.45) is 5.41 Å². The number of carbonyl (C=O) groups excluding carboxylic acids is 1. The number of hydrogen-bond acceptors (Lipinski definition) is 5. The number of aryl methyl sites for hydroxylation is 1. The molecule has 0 spiro atoms. The molecule has 2 heterocycles. The van der Waals surface area contributed by atoms with Crippen LogP contribution in [0.5, 0.6) is 0 Å². The number of hydroxylamine groups is 2. The topological polar surface area (TPSA) is 55.3 Å². The highest BCUT2D eigenvalue weighted by molar-refractivity contribution is 5.69. The third-order valence-electron chi connectivity index (χ3n) is 4.18. The van der Waals surface area contributed by atoms with Gasteiger partial charge in [-0.3, -0.25) is 4.79 Å². The summed E-state index contributed by atoms with van der Waals surface area (Å²) in [6.07, 6.45) is 1.27.